The van der Waals surface area contributed by atoms with Crippen LogP contribution >= 0.6 is 0 Å². The number of aliphatic hydroxyl groups excluding tert-OH is 1. The number of amides is 1. The van der Waals surface area contributed by atoms with E-state index in [1.807, 2.05) is 25.9 Å². The number of carbonyl (C=O) groups excluding carboxylic acids is 2. The number of ether oxygens (including phenoxy) is 1. The largest absolute Gasteiger partial charge is 0.508 e. The Morgan fingerprint density at radius 3 is 2.37 bits per heavy atom. The molecule has 1 amide bonds. The molecule has 0 spiro atoms. The second-order valence-electron chi connectivity index (χ2n) is 7.57. The molecular weight excluding hydrogens is 384 g/mol. The number of hydrogen-bond donors (Lipinski definition) is 2. The summed E-state index contributed by atoms with van der Waals surface area (Å²) in [6.45, 7) is 2.72. The maximum atomic E-state index is 12.9. The van der Waals surface area contributed by atoms with Crippen molar-refractivity contribution in [3.63, 3.8) is 0 Å². The maximum Gasteiger partial charge on any atom is 0.295 e. The number of carbonyl (C=O) groups is 2. The summed E-state index contributed by atoms with van der Waals surface area (Å²) >= 11 is 0. The van der Waals surface area contributed by atoms with Crippen LogP contribution in [0.25, 0.3) is 5.76 Å². The van der Waals surface area contributed by atoms with E-state index in [0.717, 1.165) is 5.56 Å². The lowest BCUT2D eigenvalue weighted by atomic mass is 9.94. The fraction of sp³-hybridized carbons (Fsp3) is 0.304. The van der Waals surface area contributed by atoms with Gasteiger partial charge in [0, 0.05) is 18.7 Å². The molecule has 2 N–H and O–H groups in total. The molecule has 2 aromatic rings. The fourth-order valence-corrected chi connectivity index (χ4v) is 3.60. The standard InChI is InChI=1S/C23H26N2O5/c1-14-13-16(7-10-18(14)30-4)21(27)19-20(15-5-8-17(26)9-6-15)25(12-11-24(2)3)23(29)22(19)28/h5-10,13,20,26-27H,11-12H2,1-4H3/b21-19-. The van der Waals surface area contributed by atoms with Gasteiger partial charge in [-0.05, 0) is 62.5 Å². The van der Waals surface area contributed by atoms with Gasteiger partial charge in [-0.3, -0.25) is 9.59 Å². The summed E-state index contributed by atoms with van der Waals surface area (Å²) < 4.78 is 5.26. The Morgan fingerprint density at radius 1 is 1.13 bits per heavy atom. The lowest BCUT2D eigenvalue weighted by Gasteiger charge is -2.26. The number of methoxy groups -OCH3 is 1. The first-order valence-electron chi connectivity index (χ1n) is 9.61. The number of aromatic hydroxyl groups is 1. The van der Waals surface area contributed by atoms with Crippen LogP contribution in [0.15, 0.2) is 48.0 Å². The van der Waals surface area contributed by atoms with Crippen LogP contribution in [0.1, 0.15) is 22.7 Å². The number of rotatable bonds is 6. The third kappa shape index (κ3) is 4.02. The summed E-state index contributed by atoms with van der Waals surface area (Å²) in [5, 5.41) is 20.7. The first kappa shape index (κ1) is 21.4. The van der Waals surface area contributed by atoms with Crippen molar-refractivity contribution in [1.82, 2.24) is 9.80 Å². The summed E-state index contributed by atoms with van der Waals surface area (Å²) in [6.07, 6.45) is 0. The number of phenols is 1. The van der Waals surface area contributed by atoms with Gasteiger partial charge in [0.2, 0.25) is 0 Å². The normalized spacial score (nSPS) is 18.3. The van der Waals surface area contributed by atoms with Gasteiger partial charge in [-0.1, -0.05) is 12.1 Å². The first-order chi connectivity index (χ1) is 14.2. The number of aliphatic hydroxyl groups is 1. The van der Waals surface area contributed by atoms with Gasteiger partial charge in [-0.15, -0.1) is 0 Å². The summed E-state index contributed by atoms with van der Waals surface area (Å²) in [5.74, 6) is -0.869. The van der Waals surface area contributed by atoms with Crippen molar-refractivity contribution in [2.75, 3.05) is 34.3 Å². The SMILES string of the molecule is COc1ccc(/C(O)=C2/C(=O)C(=O)N(CCN(C)C)C2c2ccc(O)cc2)cc1C. The molecule has 2 aromatic carbocycles. The van der Waals surface area contributed by atoms with Crippen LogP contribution in [0.4, 0.5) is 0 Å². The highest BCUT2D eigenvalue weighted by Gasteiger charge is 2.45. The van der Waals surface area contributed by atoms with Gasteiger partial charge < -0.3 is 24.7 Å². The van der Waals surface area contributed by atoms with Crippen molar-refractivity contribution in [2.45, 2.75) is 13.0 Å². The second kappa shape index (κ2) is 8.59. The van der Waals surface area contributed by atoms with Crippen molar-refractivity contribution in [3.05, 3.63) is 64.7 Å². The van der Waals surface area contributed by atoms with E-state index in [4.69, 9.17) is 4.74 Å². The van der Waals surface area contributed by atoms with Crippen molar-refractivity contribution >= 4 is 17.4 Å². The molecule has 1 aliphatic heterocycles. The van der Waals surface area contributed by atoms with Crippen LogP contribution in [-0.4, -0.2) is 66.0 Å². The zero-order valence-corrected chi connectivity index (χ0v) is 17.5. The van der Waals surface area contributed by atoms with E-state index in [0.29, 0.717) is 30.0 Å². The van der Waals surface area contributed by atoms with Crippen molar-refractivity contribution in [1.29, 1.82) is 0 Å². The smallest absolute Gasteiger partial charge is 0.295 e. The molecule has 3 rings (SSSR count). The minimum Gasteiger partial charge on any atom is -0.508 e. The van der Waals surface area contributed by atoms with Crippen LogP contribution in [-0.2, 0) is 9.59 Å². The average Bonchev–Trinajstić information content (AvgIpc) is 2.96. The molecule has 0 bridgehead atoms. The molecule has 0 aliphatic carbocycles. The van der Waals surface area contributed by atoms with Crippen LogP contribution in [0.2, 0.25) is 0 Å². The predicted octanol–water partition coefficient (Wildman–Crippen LogP) is 2.69. The van der Waals surface area contributed by atoms with Gasteiger partial charge in [0.05, 0.1) is 18.7 Å². The molecule has 1 fully saturated rings. The highest BCUT2D eigenvalue weighted by Crippen LogP contribution is 2.40. The predicted molar refractivity (Wildman–Crippen MR) is 113 cm³/mol. The number of nitrogens with zero attached hydrogens (tertiary/aromatic N) is 2. The fourth-order valence-electron chi connectivity index (χ4n) is 3.60. The number of hydrogen-bond acceptors (Lipinski definition) is 6. The van der Waals surface area contributed by atoms with E-state index in [1.165, 1.54) is 17.0 Å². The third-order valence-corrected chi connectivity index (χ3v) is 5.21. The van der Waals surface area contributed by atoms with Crippen LogP contribution in [0.5, 0.6) is 11.5 Å². The summed E-state index contributed by atoms with van der Waals surface area (Å²) in [7, 11) is 5.32. The van der Waals surface area contributed by atoms with E-state index >= 15 is 0 Å². The maximum absolute atomic E-state index is 12.9. The highest BCUT2D eigenvalue weighted by molar-refractivity contribution is 6.46. The molecule has 1 unspecified atom stereocenters. The molecule has 1 aliphatic rings. The van der Waals surface area contributed by atoms with Crippen molar-refractivity contribution in [3.8, 4) is 11.5 Å². The van der Waals surface area contributed by atoms with E-state index in [2.05, 4.69) is 0 Å². The molecule has 30 heavy (non-hydrogen) atoms. The van der Waals surface area contributed by atoms with Crippen LogP contribution in [0, 0.1) is 6.92 Å². The molecule has 7 heteroatoms. The van der Waals surface area contributed by atoms with Gasteiger partial charge in [-0.25, -0.2) is 0 Å². The Hall–Kier alpha value is -3.32. The van der Waals surface area contributed by atoms with Gasteiger partial charge >= 0.3 is 0 Å². The highest BCUT2D eigenvalue weighted by atomic mass is 16.5. The topological polar surface area (TPSA) is 90.3 Å². The minimum absolute atomic E-state index is 0.0361. The summed E-state index contributed by atoms with van der Waals surface area (Å²) in [5.41, 5.74) is 1.90. The van der Waals surface area contributed by atoms with E-state index in [-0.39, 0.29) is 17.1 Å². The van der Waals surface area contributed by atoms with Crippen LogP contribution in [0.3, 0.4) is 0 Å². The average molecular weight is 410 g/mol. The number of likely N-dealkylation sites (tertiary alicyclic amines) is 1. The van der Waals surface area contributed by atoms with Gasteiger partial charge in [0.15, 0.2) is 0 Å². The molecule has 0 radical (unpaired) electrons. The van der Waals surface area contributed by atoms with Crippen molar-refractivity contribution in [2.24, 2.45) is 0 Å². The van der Waals surface area contributed by atoms with Crippen molar-refractivity contribution < 1.29 is 24.5 Å². The van der Waals surface area contributed by atoms with Crippen LogP contribution < -0.4 is 4.74 Å². The van der Waals surface area contributed by atoms with Gasteiger partial charge in [-0.2, -0.15) is 0 Å². The van der Waals surface area contributed by atoms with Gasteiger partial charge in [0.1, 0.15) is 17.3 Å². The zero-order chi connectivity index (χ0) is 22.0. The Bertz CT molecular complexity index is 995. The molecule has 1 saturated heterocycles. The quantitative estimate of drug-likeness (QED) is 0.432. The first-order valence-corrected chi connectivity index (χ1v) is 9.61. The molecule has 1 atom stereocenters. The molecule has 0 saturated carbocycles. The van der Waals surface area contributed by atoms with E-state index < -0.39 is 17.7 Å². The number of likely N-dealkylation sites (N-methyl/N-ethyl adjacent to an activating group) is 1. The van der Waals surface area contributed by atoms with E-state index in [1.54, 1.807) is 37.4 Å². The van der Waals surface area contributed by atoms with E-state index in [9.17, 15) is 19.8 Å². The Kier molecular flexibility index (Phi) is 6.12. The molecule has 1 heterocycles. The number of ketones is 1. The number of phenolic OH excluding ortho intramolecular Hbond substituents is 1. The Morgan fingerprint density at radius 2 is 1.80 bits per heavy atom. The molecule has 7 nitrogen and oxygen atoms in total. The summed E-state index contributed by atoms with van der Waals surface area (Å²) in [4.78, 5) is 29.1. The second-order valence-corrected chi connectivity index (χ2v) is 7.57. The lowest BCUT2D eigenvalue weighted by Crippen LogP contribution is -2.35. The summed E-state index contributed by atoms with van der Waals surface area (Å²) in [6, 6.07) is 10.6. The zero-order valence-electron chi connectivity index (χ0n) is 17.5. The third-order valence-electron chi connectivity index (χ3n) is 5.21. The Labute approximate surface area is 175 Å². The monoisotopic (exact) mass is 410 g/mol. The number of aryl methyl sites for hydroxylation is 1. The number of benzene rings is 2. The lowest BCUT2D eigenvalue weighted by molar-refractivity contribution is -0.140. The molecule has 158 valence electrons. The van der Waals surface area contributed by atoms with Gasteiger partial charge in [0.25, 0.3) is 11.7 Å². The Balaban J connectivity index is 2.14. The minimum atomic E-state index is -0.743. The molecule has 0 aromatic heterocycles. The molecular formula is C23H26N2O5. The number of Topliss-reactive ketones (excluding diaryl/α,β-unsaturated/α-hetero) is 1.